The molecule has 0 saturated carbocycles. The van der Waals surface area contributed by atoms with Gasteiger partial charge in [0.15, 0.2) is 0 Å². The zero-order valence-corrected chi connectivity index (χ0v) is 6.38. The summed E-state index contributed by atoms with van der Waals surface area (Å²) >= 11 is 0. The summed E-state index contributed by atoms with van der Waals surface area (Å²) in [5, 5.41) is 0. The lowest BCUT2D eigenvalue weighted by Crippen LogP contribution is -2.37. The largest absolute Gasteiger partial charge is 0.383 e. The molecule has 2 N–H and O–H groups in total. The Bertz CT molecular complexity index is 91.6. The van der Waals surface area contributed by atoms with Gasteiger partial charge in [-0.15, -0.1) is 0 Å². The second kappa shape index (κ2) is 3.91. The van der Waals surface area contributed by atoms with Crippen LogP contribution in [0.3, 0.4) is 0 Å². The summed E-state index contributed by atoms with van der Waals surface area (Å²) in [5.74, 6) is 0. The van der Waals surface area contributed by atoms with Crippen LogP contribution in [-0.2, 0) is 9.47 Å². The second-order valence-electron chi connectivity index (χ2n) is 2.67. The van der Waals surface area contributed by atoms with Crippen molar-refractivity contribution in [2.75, 3.05) is 20.3 Å². The molecule has 1 heterocycles. The average Bonchev–Trinajstić information content (AvgIpc) is 2.38. The fourth-order valence-corrected chi connectivity index (χ4v) is 1.24. The first-order valence-corrected chi connectivity index (χ1v) is 3.70. The highest BCUT2D eigenvalue weighted by Crippen LogP contribution is 2.14. The van der Waals surface area contributed by atoms with Crippen molar-refractivity contribution in [1.29, 1.82) is 0 Å². The molecule has 2 atom stereocenters. The molecule has 0 radical (unpaired) electrons. The van der Waals surface area contributed by atoms with E-state index in [1.54, 1.807) is 7.11 Å². The Morgan fingerprint density at radius 3 is 3.10 bits per heavy atom. The predicted molar refractivity (Wildman–Crippen MR) is 38.8 cm³/mol. The van der Waals surface area contributed by atoms with Gasteiger partial charge in [0.1, 0.15) is 0 Å². The van der Waals surface area contributed by atoms with Crippen molar-refractivity contribution in [3.8, 4) is 0 Å². The molecule has 1 aliphatic rings. The van der Waals surface area contributed by atoms with Crippen LogP contribution in [0, 0.1) is 0 Å². The van der Waals surface area contributed by atoms with Crippen LogP contribution in [0.15, 0.2) is 0 Å². The smallest absolute Gasteiger partial charge is 0.0749 e. The topological polar surface area (TPSA) is 44.5 Å². The lowest BCUT2D eigenvalue weighted by atomic mass is 10.1. The van der Waals surface area contributed by atoms with Gasteiger partial charge in [-0.1, -0.05) is 0 Å². The minimum Gasteiger partial charge on any atom is -0.383 e. The highest BCUT2D eigenvalue weighted by molar-refractivity contribution is 4.76. The molecule has 3 nitrogen and oxygen atoms in total. The van der Waals surface area contributed by atoms with Crippen molar-refractivity contribution in [2.24, 2.45) is 5.73 Å². The summed E-state index contributed by atoms with van der Waals surface area (Å²) in [7, 11) is 1.66. The Balaban J connectivity index is 2.18. The van der Waals surface area contributed by atoms with E-state index in [0.717, 1.165) is 19.4 Å². The lowest BCUT2D eigenvalue weighted by molar-refractivity contribution is 0.0572. The Hall–Kier alpha value is -0.120. The molecular weight excluding hydrogens is 130 g/mol. The van der Waals surface area contributed by atoms with Gasteiger partial charge in [-0.3, -0.25) is 0 Å². The van der Waals surface area contributed by atoms with Crippen LogP contribution in [-0.4, -0.2) is 32.5 Å². The molecule has 0 bridgehead atoms. The Morgan fingerprint density at radius 2 is 2.60 bits per heavy atom. The van der Waals surface area contributed by atoms with Gasteiger partial charge in [-0.2, -0.15) is 0 Å². The van der Waals surface area contributed by atoms with Crippen LogP contribution in [0.2, 0.25) is 0 Å². The molecule has 1 rings (SSSR count). The zero-order valence-electron chi connectivity index (χ0n) is 6.38. The lowest BCUT2D eigenvalue weighted by Gasteiger charge is -2.16. The molecule has 1 fully saturated rings. The number of ether oxygens (including phenoxy) is 2. The van der Waals surface area contributed by atoms with E-state index >= 15 is 0 Å². The number of nitrogens with two attached hydrogens (primary N) is 1. The maximum absolute atomic E-state index is 5.74. The van der Waals surface area contributed by atoms with E-state index in [1.165, 1.54) is 0 Å². The predicted octanol–water partition coefficient (Wildman–Crippen LogP) is 0.139. The summed E-state index contributed by atoms with van der Waals surface area (Å²) in [6.45, 7) is 1.47. The highest BCUT2D eigenvalue weighted by atomic mass is 16.5. The molecule has 0 aliphatic carbocycles. The molecule has 0 unspecified atom stereocenters. The number of methoxy groups -OCH3 is 1. The van der Waals surface area contributed by atoms with Crippen LogP contribution in [0.1, 0.15) is 12.8 Å². The van der Waals surface area contributed by atoms with Gasteiger partial charge >= 0.3 is 0 Å². The second-order valence-corrected chi connectivity index (χ2v) is 2.67. The monoisotopic (exact) mass is 145 g/mol. The number of rotatable bonds is 3. The first-order chi connectivity index (χ1) is 4.84. The van der Waals surface area contributed by atoms with Crippen LogP contribution in [0.4, 0.5) is 0 Å². The Morgan fingerprint density at radius 1 is 1.80 bits per heavy atom. The zero-order chi connectivity index (χ0) is 7.40. The first-order valence-electron chi connectivity index (χ1n) is 3.70. The van der Waals surface area contributed by atoms with E-state index in [4.69, 9.17) is 15.2 Å². The molecule has 0 aromatic carbocycles. The molecule has 0 amide bonds. The van der Waals surface area contributed by atoms with Crippen molar-refractivity contribution in [2.45, 2.75) is 25.0 Å². The van der Waals surface area contributed by atoms with E-state index in [2.05, 4.69) is 0 Å². The van der Waals surface area contributed by atoms with Crippen molar-refractivity contribution in [3.05, 3.63) is 0 Å². The summed E-state index contributed by atoms with van der Waals surface area (Å²) in [6.07, 6.45) is 2.46. The summed E-state index contributed by atoms with van der Waals surface area (Å²) in [4.78, 5) is 0. The maximum Gasteiger partial charge on any atom is 0.0749 e. The van der Waals surface area contributed by atoms with Crippen molar-refractivity contribution >= 4 is 0 Å². The summed E-state index contributed by atoms with van der Waals surface area (Å²) in [6, 6.07) is 0.0625. The van der Waals surface area contributed by atoms with Gasteiger partial charge in [0, 0.05) is 13.7 Å². The molecule has 1 aliphatic heterocycles. The van der Waals surface area contributed by atoms with Crippen molar-refractivity contribution in [3.63, 3.8) is 0 Å². The fourth-order valence-electron chi connectivity index (χ4n) is 1.24. The Labute approximate surface area is 61.5 Å². The molecule has 0 aromatic rings. The number of hydrogen-bond donors (Lipinski definition) is 1. The van der Waals surface area contributed by atoms with E-state index in [-0.39, 0.29) is 12.1 Å². The highest BCUT2D eigenvalue weighted by Gasteiger charge is 2.22. The van der Waals surface area contributed by atoms with E-state index in [1.807, 2.05) is 0 Å². The molecule has 10 heavy (non-hydrogen) atoms. The standard InChI is InChI=1S/C7H15NO2/c1-9-5-6(8)7-3-2-4-10-7/h6-7H,2-5,8H2,1H3/t6-,7-/m1/s1. The molecule has 0 aromatic heterocycles. The van der Waals surface area contributed by atoms with E-state index in [9.17, 15) is 0 Å². The minimum atomic E-state index is 0.0625. The van der Waals surface area contributed by atoms with Gasteiger partial charge in [0.2, 0.25) is 0 Å². The van der Waals surface area contributed by atoms with Gasteiger partial charge < -0.3 is 15.2 Å². The van der Waals surface area contributed by atoms with Gasteiger partial charge in [0.05, 0.1) is 18.8 Å². The third kappa shape index (κ3) is 1.94. The third-order valence-corrected chi connectivity index (χ3v) is 1.80. The van der Waals surface area contributed by atoms with Gasteiger partial charge in [-0.05, 0) is 12.8 Å². The molecule has 0 spiro atoms. The summed E-state index contributed by atoms with van der Waals surface area (Å²) in [5.41, 5.74) is 5.74. The quantitative estimate of drug-likeness (QED) is 0.614. The van der Waals surface area contributed by atoms with Crippen molar-refractivity contribution < 1.29 is 9.47 Å². The van der Waals surface area contributed by atoms with E-state index < -0.39 is 0 Å². The maximum atomic E-state index is 5.74. The Kier molecular flexibility index (Phi) is 3.12. The normalized spacial score (nSPS) is 28.8. The fraction of sp³-hybridized carbons (Fsp3) is 1.00. The van der Waals surface area contributed by atoms with Crippen LogP contribution in [0.25, 0.3) is 0 Å². The molecule has 1 saturated heterocycles. The molecular formula is C7H15NO2. The molecule has 60 valence electrons. The number of hydrogen-bond acceptors (Lipinski definition) is 3. The van der Waals surface area contributed by atoms with E-state index in [0.29, 0.717) is 6.61 Å². The van der Waals surface area contributed by atoms with Gasteiger partial charge in [0.25, 0.3) is 0 Å². The third-order valence-electron chi connectivity index (χ3n) is 1.80. The first kappa shape index (κ1) is 7.98. The minimum absolute atomic E-state index is 0.0625. The molecule has 3 heteroatoms. The SMILES string of the molecule is COC[C@@H](N)[C@H]1CCCO1. The van der Waals surface area contributed by atoms with Gasteiger partial charge in [-0.25, -0.2) is 0 Å². The van der Waals surface area contributed by atoms with Crippen LogP contribution >= 0.6 is 0 Å². The van der Waals surface area contributed by atoms with Crippen molar-refractivity contribution in [1.82, 2.24) is 0 Å². The van der Waals surface area contributed by atoms with Crippen LogP contribution in [0.5, 0.6) is 0 Å². The summed E-state index contributed by atoms with van der Waals surface area (Å²) < 4.78 is 10.3. The average molecular weight is 145 g/mol. The van der Waals surface area contributed by atoms with Crippen LogP contribution < -0.4 is 5.73 Å².